The molecule has 0 amide bonds. The number of carbonyl (C=O) groups excluding carboxylic acids is 1. The van der Waals surface area contributed by atoms with Gasteiger partial charge in [-0.15, -0.1) is 0 Å². The molecule has 5 nitrogen and oxygen atoms in total. The summed E-state index contributed by atoms with van der Waals surface area (Å²) in [4.78, 5) is 24.2. The van der Waals surface area contributed by atoms with Gasteiger partial charge in [-0.25, -0.2) is 9.97 Å². The number of hydrogen-bond acceptors (Lipinski definition) is 4. The Morgan fingerprint density at radius 2 is 2.12 bits per heavy atom. The summed E-state index contributed by atoms with van der Waals surface area (Å²) in [6, 6.07) is 0. The van der Waals surface area contributed by atoms with Gasteiger partial charge in [-0.2, -0.15) is 0 Å². The first-order valence-electron chi connectivity index (χ1n) is 5.52. The highest BCUT2D eigenvalue weighted by molar-refractivity contribution is 5.95. The molecule has 2 aromatic heterocycles. The van der Waals surface area contributed by atoms with Crippen molar-refractivity contribution in [2.75, 3.05) is 0 Å². The Bertz CT molecular complexity index is 516. The van der Waals surface area contributed by atoms with Gasteiger partial charge in [-0.3, -0.25) is 9.78 Å². The van der Waals surface area contributed by atoms with E-state index in [1.54, 1.807) is 12.4 Å². The van der Waals surface area contributed by atoms with Gasteiger partial charge in [0.2, 0.25) is 0 Å². The lowest BCUT2D eigenvalue weighted by Gasteiger charge is -2.03. The summed E-state index contributed by atoms with van der Waals surface area (Å²) < 4.78 is 1.94. The SMILES string of the molecule is CCn1ccnc1CC(=O)c1cnc(C)cn1. The lowest BCUT2D eigenvalue weighted by atomic mass is 10.2. The van der Waals surface area contributed by atoms with Crippen LogP contribution in [0.3, 0.4) is 0 Å². The minimum Gasteiger partial charge on any atom is -0.335 e. The van der Waals surface area contributed by atoms with Crippen LogP contribution in [0, 0.1) is 6.92 Å². The summed E-state index contributed by atoms with van der Waals surface area (Å²) in [6.07, 6.45) is 6.94. The van der Waals surface area contributed by atoms with Crippen molar-refractivity contribution in [3.05, 3.63) is 42.0 Å². The number of rotatable bonds is 4. The fourth-order valence-corrected chi connectivity index (χ4v) is 1.57. The van der Waals surface area contributed by atoms with E-state index in [1.807, 2.05) is 24.6 Å². The number of aromatic nitrogens is 4. The maximum absolute atomic E-state index is 11.9. The van der Waals surface area contributed by atoms with Gasteiger partial charge in [-0.1, -0.05) is 0 Å². The zero-order valence-electron chi connectivity index (χ0n) is 9.92. The molecule has 0 saturated heterocycles. The van der Waals surface area contributed by atoms with Crippen molar-refractivity contribution >= 4 is 5.78 Å². The predicted molar refractivity (Wildman–Crippen MR) is 62.7 cm³/mol. The van der Waals surface area contributed by atoms with Gasteiger partial charge in [0, 0.05) is 25.1 Å². The van der Waals surface area contributed by atoms with Crippen LogP contribution in [0.15, 0.2) is 24.8 Å². The van der Waals surface area contributed by atoms with Crippen LogP contribution in [0.1, 0.15) is 28.9 Å². The Kier molecular flexibility index (Phi) is 3.27. The normalized spacial score (nSPS) is 10.5. The van der Waals surface area contributed by atoms with Gasteiger partial charge in [0.15, 0.2) is 5.78 Å². The number of aryl methyl sites for hydroxylation is 2. The molecule has 0 fully saturated rings. The summed E-state index contributed by atoms with van der Waals surface area (Å²) in [7, 11) is 0. The largest absolute Gasteiger partial charge is 0.335 e. The molecule has 0 N–H and O–H groups in total. The summed E-state index contributed by atoms with van der Waals surface area (Å²) in [5.41, 5.74) is 1.19. The zero-order valence-corrected chi connectivity index (χ0v) is 9.92. The molecule has 0 aromatic carbocycles. The third kappa shape index (κ3) is 2.55. The molecule has 17 heavy (non-hydrogen) atoms. The Hall–Kier alpha value is -2.04. The molecular formula is C12H14N4O. The van der Waals surface area contributed by atoms with Gasteiger partial charge >= 0.3 is 0 Å². The molecule has 0 aliphatic carbocycles. The standard InChI is InChI=1S/C12H14N4O/c1-3-16-5-4-13-12(16)6-11(17)10-8-14-9(2)7-15-10/h4-5,7-8H,3,6H2,1-2H3. The van der Waals surface area contributed by atoms with Crippen LogP contribution in [-0.4, -0.2) is 25.3 Å². The van der Waals surface area contributed by atoms with Crippen molar-refractivity contribution in [1.29, 1.82) is 0 Å². The number of hydrogen-bond donors (Lipinski definition) is 0. The smallest absolute Gasteiger partial charge is 0.190 e. The van der Waals surface area contributed by atoms with E-state index in [0.717, 1.165) is 18.1 Å². The first-order valence-corrected chi connectivity index (χ1v) is 5.52. The molecule has 0 radical (unpaired) electrons. The van der Waals surface area contributed by atoms with Crippen molar-refractivity contribution in [2.24, 2.45) is 0 Å². The summed E-state index contributed by atoms with van der Waals surface area (Å²) >= 11 is 0. The molecule has 88 valence electrons. The van der Waals surface area contributed by atoms with E-state index in [9.17, 15) is 4.79 Å². The second-order valence-electron chi connectivity index (χ2n) is 3.77. The van der Waals surface area contributed by atoms with Crippen LogP contribution in [-0.2, 0) is 13.0 Å². The molecule has 0 unspecified atom stereocenters. The molecular weight excluding hydrogens is 216 g/mol. The average Bonchev–Trinajstić information content (AvgIpc) is 2.77. The molecule has 0 spiro atoms. The van der Waals surface area contributed by atoms with Gasteiger partial charge < -0.3 is 4.57 Å². The van der Waals surface area contributed by atoms with Gasteiger partial charge in [0.1, 0.15) is 11.5 Å². The number of ketones is 1. The monoisotopic (exact) mass is 230 g/mol. The lowest BCUT2D eigenvalue weighted by Crippen LogP contribution is -2.11. The van der Waals surface area contributed by atoms with Crippen molar-refractivity contribution in [1.82, 2.24) is 19.5 Å². The van der Waals surface area contributed by atoms with Crippen LogP contribution in [0.4, 0.5) is 0 Å². The summed E-state index contributed by atoms with van der Waals surface area (Å²) in [5, 5.41) is 0. The van der Waals surface area contributed by atoms with Crippen LogP contribution in [0.2, 0.25) is 0 Å². The van der Waals surface area contributed by atoms with E-state index in [2.05, 4.69) is 15.0 Å². The number of nitrogens with zero attached hydrogens (tertiary/aromatic N) is 4. The predicted octanol–water partition coefficient (Wildman–Crippen LogP) is 1.43. The fraction of sp³-hybridized carbons (Fsp3) is 0.333. The summed E-state index contributed by atoms with van der Waals surface area (Å²) in [5.74, 6) is 0.707. The number of imidazole rings is 1. The van der Waals surface area contributed by atoms with E-state index in [-0.39, 0.29) is 12.2 Å². The van der Waals surface area contributed by atoms with Gasteiger partial charge in [-0.05, 0) is 13.8 Å². The topological polar surface area (TPSA) is 60.7 Å². The Labute approximate surface area is 99.6 Å². The number of Topliss-reactive ketones (excluding diaryl/α,β-unsaturated/α-hetero) is 1. The molecule has 2 rings (SSSR count). The van der Waals surface area contributed by atoms with Crippen LogP contribution >= 0.6 is 0 Å². The third-order valence-corrected chi connectivity index (χ3v) is 2.53. The Morgan fingerprint density at radius 3 is 2.76 bits per heavy atom. The van der Waals surface area contributed by atoms with Gasteiger partial charge in [0.25, 0.3) is 0 Å². The van der Waals surface area contributed by atoms with Crippen molar-refractivity contribution in [3.8, 4) is 0 Å². The van der Waals surface area contributed by atoms with Gasteiger partial charge in [0.05, 0.1) is 18.3 Å². The van der Waals surface area contributed by atoms with E-state index in [4.69, 9.17) is 0 Å². The van der Waals surface area contributed by atoms with Crippen molar-refractivity contribution in [3.63, 3.8) is 0 Å². The summed E-state index contributed by atoms with van der Waals surface area (Å²) in [6.45, 7) is 4.66. The van der Waals surface area contributed by atoms with E-state index in [0.29, 0.717) is 5.69 Å². The highest BCUT2D eigenvalue weighted by atomic mass is 16.1. The maximum Gasteiger partial charge on any atom is 0.190 e. The quantitative estimate of drug-likeness (QED) is 0.745. The molecule has 0 aliphatic rings. The third-order valence-electron chi connectivity index (χ3n) is 2.53. The minimum atomic E-state index is -0.0570. The first kappa shape index (κ1) is 11.4. The van der Waals surface area contributed by atoms with Crippen LogP contribution in [0.25, 0.3) is 0 Å². The lowest BCUT2D eigenvalue weighted by molar-refractivity contribution is 0.0984. The van der Waals surface area contributed by atoms with Crippen LogP contribution < -0.4 is 0 Å². The molecule has 2 heterocycles. The Balaban J connectivity index is 2.14. The maximum atomic E-state index is 11.9. The zero-order chi connectivity index (χ0) is 12.3. The molecule has 0 saturated carbocycles. The second kappa shape index (κ2) is 4.86. The molecule has 0 aliphatic heterocycles. The van der Waals surface area contributed by atoms with Crippen molar-refractivity contribution in [2.45, 2.75) is 26.8 Å². The molecule has 0 bridgehead atoms. The highest BCUT2D eigenvalue weighted by Crippen LogP contribution is 2.04. The van der Waals surface area contributed by atoms with Crippen LogP contribution in [0.5, 0.6) is 0 Å². The Morgan fingerprint density at radius 1 is 1.29 bits per heavy atom. The highest BCUT2D eigenvalue weighted by Gasteiger charge is 2.12. The fourth-order valence-electron chi connectivity index (χ4n) is 1.57. The molecule has 0 atom stereocenters. The van der Waals surface area contributed by atoms with E-state index in [1.165, 1.54) is 6.20 Å². The van der Waals surface area contributed by atoms with E-state index >= 15 is 0 Å². The first-order chi connectivity index (χ1) is 8.20. The minimum absolute atomic E-state index is 0.0570. The average molecular weight is 230 g/mol. The molecule has 5 heteroatoms. The van der Waals surface area contributed by atoms with E-state index < -0.39 is 0 Å². The number of carbonyl (C=O) groups is 1. The molecule has 2 aromatic rings. The second-order valence-corrected chi connectivity index (χ2v) is 3.77. The van der Waals surface area contributed by atoms with Crippen molar-refractivity contribution < 1.29 is 4.79 Å².